The quantitative estimate of drug-likeness (QED) is 0.413. The van der Waals surface area contributed by atoms with Gasteiger partial charge in [0, 0.05) is 11.3 Å². The van der Waals surface area contributed by atoms with Gasteiger partial charge in [0.15, 0.2) is 6.10 Å². The van der Waals surface area contributed by atoms with Crippen LogP contribution in [0.25, 0.3) is 0 Å². The van der Waals surface area contributed by atoms with Gasteiger partial charge in [0.2, 0.25) is 11.1 Å². The summed E-state index contributed by atoms with van der Waals surface area (Å²) >= 11 is 17.4. The van der Waals surface area contributed by atoms with Gasteiger partial charge in [-0.05, 0) is 24.3 Å². The Labute approximate surface area is 183 Å². The number of methoxy groups -OCH3 is 1. The second-order valence-corrected chi connectivity index (χ2v) is 8.04. The number of nitrogens with zero attached hydrogens (tertiary/aromatic N) is 3. The predicted octanol–water partition coefficient (Wildman–Crippen LogP) is 3.62. The first-order valence-corrected chi connectivity index (χ1v) is 9.84. The van der Waals surface area contributed by atoms with Gasteiger partial charge in [0.05, 0.1) is 12.7 Å². The van der Waals surface area contributed by atoms with E-state index in [2.05, 4.69) is 14.8 Å². The summed E-state index contributed by atoms with van der Waals surface area (Å²) in [5, 5.41) is 4.10. The smallest absolute Gasteiger partial charge is 0.339 e. The van der Waals surface area contributed by atoms with Crippen molar-refractivity contribution in [1.29, 1.82) is 0 Å². The van der Waals surface area contributed by atoms with E-state index in [1.807, 2.05) is 0 Å². The number of alkyl halides is 3. The molecule has 2 aromatic rings. The van der Waals surface area contributed by atoms with Crippen LogP contribution < -0.4 is 4.74 Å². The zero-order valence-corrected chi connectivity index (χ0v) is 18.2. The van der Waals surface area contributed by atoms with Crippen LogP contribution in [0.1, 0.15) is 30.4 Å². The highest BCUT2D eigenvalue weighted by molar-refractivity contribution is 6.52. The zero-order valence-electron chi connectivity index (χ0n) is 15.9. The summed E-state index contributed by atoms with van der Waals surface area (Å²) in [5.41, 5.74) is -0.393. The minimum absolute atomic E-state index is 0.135. The van der Waals surface area contributed by atoms with Crippen LogP contribution in [0.5, 0.6) is 5.75 Å². The van der Waals surface area contributed by atoms with Crippen LogP contribution in [0.15, 0.2) is 36.9 Å². The molecule has 0 N–H and O–H groups in total. The van der Waals surface area contributed by atoms with Gasteiger partial charge in [-0.2, -0.15) is 5.10 Å². The summed E-state index contributed by atoms with van der Waals surface area (Å²) in [5.74, 6) is -0.797. The minimum Gasteiger partial charge on any atom is -0.465 e. The Kier molecular flexibility index (Phi) is 8.13. The molecular weight excluding hydrogens is 445 g/mol. The molecule has 2 atom stereocenters. The SMILES string of the molecule is COC(=O)c1ccc(OC(C(OC(=O)C(Cl)Cl)C(C)(C)CCl)n2cncn2)cc1. The lowest BCUT2D eigenvalue weighted by atomic mass is 9.87. The Morgan fingerprint density at radius 3 is 2.34 bits per heavy atom. The molecule has 2 unspecified atom stereocenters. The first-order valence-electron chi connectivity index (χ1n) is 8.43. The Balaban J connectivity index is 2.39. The Morgan fingerprint density at radius 1 is 1.21 bits per heavy atom. The fraction of sp³-hybridized carbons (Fsp3) is 0.444. The van der Waals surface area contributed by atoms with E-state index in [1.54, 1.807) is 38.1 Å². The van der Waals surface area contributed by atoms with E-state index in [4.69, 9.17) is 44.3 Å². The molecule has 0 amide bonds. The van der Waals surface area contributed by atoms with Crippen molar-refractivity contribution >= 4 is 46.7 Å². The molecule has 0 saturated carbocycles. The number of ether oxygens (including phenoxy) is 3. The second-order valence-electron chi connectivity index (χ2n) is 6.68. The molecule has 0 bridgehead atoms. The van der Waals surface area contributed by atoms with E-state index < -0.39 is 34.5 Å². The number of hydrogen-bond donors (Lipinski definition) is 0. The molecule has 1 aromatic heterocycles. The number of carbonyl (C=O) groups is 2. The standard InChI is InChI=1S/C18H20Cl3N3O5/c1-18(2,8-19)13(29-17(26)14(20)21)15(24-10-22-9-23-24)28-12-6-4-11(5-7-12)16(25)27-3/h4-7,9-10,13-15H,8H2,1-3H3. The van der Waals surface area contributed by atoms with Crippen molar-refractivity contribution in [3.8, 4) is 5.75 Å². The number of esters is 2. The van der Waals surface area contributed by atoms with Crippen molar-refractivity contribution in [3.63, 3.8) is 0 Å². The average molecular weight is 465 g/mol. The number of hydrogen-bond acceptors (Lipinski definition) is 7. The molecule has 0 aliphatic heterocycles. The average Bonchev–Trinajstić information content (AvgIpc) is 3.24. The van der Waals surface area contributed by atoms with Crippen LogP contribution >= 0.6 is 34.8 Å². The van der Waals surface area contributed by atoms with E-state index in [0.29, 0.717) is 11.3 Å². The van der Waals surface area contributed by atoms with Crippen LogP contribution in [0.2, 0.25) is 0 Å². The fourth-order valence-electron chi connectivity index (χ4n) is 2.39. The van der Waals surface area contributed by atoms with Gasteiger partial charge in [-0.15, -0.1) is 11.6 Å². The second kappa shape index (κ2) is 10.1. The number of benzene rings is 1. The van der Waals surface area contributed by atoms with Crippen molar-refractivity contribution in [2.45, 2.75) is 31.0 Å². The van der Waals surface area contributed by atoms with Crippen molar-refractivity contribution in [1.82, 2.24) is 14.8 Å². The summed E-state index contributed by atoms with van der Waals surface area (Å²) in [7, 11) is 1.29. The van der Waals surface area contributed by atoms with Crippen LogP contribution in [0.4, 0.5) is 0 Å². The molecule has 0 aliphatic rings. The molecule has 0 saturated heterocycles. The summed E-state index contributed by atoms with van der Waals surface area (Å²) in [6, 6.07) is 6.24. The molecule has 1 heterocycles. The van der Waals surface area contributed by atoms with Gasteiger partial charge in [0.1, 0.15) is 18.4 Å². The van der Waals surface area contributed by atoms with E-state index >= 15 is 0 Å². The Bertz CT molecular complexity index is 813. The third-order valence-corrected chi connectivity index (χ3v) is 5.07. The maximum absolute atomic E-state index is 12.1. The molecule has 11 heteroatoms. The molecule has 0 radical (unpaired) electrons. The third kappa shape index (κ3) is 5.98. The van der Waals surface area contributed by atoms with Crippen LogP contribution in [-0.4, -0.2) is 50.6 Å². The maximum Gasteiger partial charge on any atom is 0.339 e. The Morgan fingerprint density at radius 2 is 1.86 bits per heavy atom. The first-order chi connectivity index (χ1) is 13.7. The lowest BCUT2D eigenvalue weighted by Crippen LogP contribution is -2.45. The van der Waals surface area contributed by atoms with Crippen molar-refractivity contribution in [3.05, 3.63) is 42.5 Å². The first kappa shape index (κ1) is 23.3. The fourth-order valence-corrected chi connectivity index (χ4v) is 2.64. The number of carbonyl (C=O) groups excluding carboxylic acids is 2. The highest BCUT2D eigenvalue weighted by Crippen LogP contribution is 2.35. The van der Waals surface area contributed by atoms with Gasteiger partial charge >= 0.3 is 11.9 Å². The van der Waals surface area contributed by atoms with Crippen molar-refractivity contribution < 1.29 is 23.8 Å². The normalized spacial score (nSPS) is 13.6. The van der Waals surface area contributed by atoms with E-state index in [1.165, 1.54) is 24.4 Å². The lowest BCUT2D eigenvalue weighted by molar-refractivity contribution is -0.166. The zero-order chi connectivity index (χ0) is 21.6. The molecule has 29 heavy (non-hydrogen) atoms. The number of aromatic nitrogens is 3. The molecule has 0 fully saturated rings. The van der Waals surface area contributed by atoms with Gasteiger partial charge in [-0.3, -0.25) is 0 Å². The lowest BCUT2D eigenvalue weighted by Gasteiger charge is -2.37. The maximum atomic E-state index is 12.1. The molecular formula is C18H20Cl3N3O5. The molecule has 158 valence electrons. The Hall–Kier alpha value is -2.03. The summed E-state index contributed by atoms with van der Waals surface area (Å²) in [6.07, 6.45) is 0.868. The third-order valence-electron chi connectivity index (χ3n) is 4.02. The summed E-state index contributed by atoms with van der Waals surface area (Å²) in [4.78, 5) is 26.3. The monoisotopic (exact) mass is 463 g/mol. The highest BCUT2D eigenvalue weighted by atomic mass is 35.5. The van der Waals surface area contributed by atoms with Crippen LogP contribution in [0, 0.1) is 5.41 Å². The van der Waals surface area contributed by atoms with Gasteiger partial charge in [-0.1, -0.05) is 37.0 Å². The van der Waals surface area contributed by atoms with Gasteiger partial charge < -0.3 is 14.2 Å². The minimum atomic E-state index is -1.38. The molecule has 0 spiro atoms. The summed E-state index contributed by atoms with van der Waals surface area (Å²) < 4.78 is 17.6. The van der Waals surface area contributed by atoms with E-state index in [0.717, 1.165) is 0 Å². The van der Waals surface area contributed by atoms with E-state index in [-0.39, 0.29) is 5.88 Å². The number of rotatable bonds is 9. The molecule has 2 rings (SSSR count). The molecule has 1 aromatic carbocycles. The molecule has 0 aliphatic carbocycles. The summed E-state index contributed by atoms with van der Waals surface area (Å²) in [6.45, 7) is 3.59. The van der Waals surface area contributed by atoms with Crippen LogP contribution in [-0.2, 0) is 14.3 Å². The van der Waals surface area contributed by atoms with Crippen molar-refractivity contribution in [2.24, 2.45) is 5.41 Å². The van der Waals surface area contributed by atoms with Gasteiger partial charge in [-0.25, -0.2) is 19.3 Å². The highest BCUT2D eigenvalue weighted by Gasteiger charge is 2.42. The van der Waals surface area contributed by atoms with E-state index in [9.17, 15) is 9.59 Å². The van der Waals surface area contributed by atoms with Crippen molar-refractivity contribution in [2.75, 3.05) is 13.0 Å². The van der Waals surface area contributed by atoms with Crippen LogP contribution in [0.3, 0.4) is 0 Å². The number of halogens is 3. The topological polar surface area (TPSA) is 92.5 Å². The largest absolute Gasteiger partial charge is 0.465 e. The van der Waals surface area contributed by atoms with Gasteiger partial charge in [0.25, 0.3) is 0 Å². The molecule has 8 nitrogen and oxygen atoms in total. The predicted molar refractivity (Wildman–Crippen MR) is 107 cm³/mol.